The molecule has 3 atom stereocenters. The molecular weight excluding hydrogens is 318 g/mol. The van der Waals surface area contributed by atoms with Gasteiger partial charge < -0.3 is 5.32 Å². The quantitative estimate of drug-likeness (QED) is 0.757. The molecule has 0 aromatic rings. The highest BCUT2D eigenvalue weighted by Gasteiger charge is 2.55. The van der Waals surface area contributed by atoms with Gasteiger partial charge in [0.05, 0.1) is 18.2 Å². The molecule has 3 fully saturated rings. The lowest BCUT2D eigenvalue weighted by molar-refractivity contribution is -0.135. The Morgan fingerprint density at radius 1 is 1.30 bits per heavy atom. The molecule has 0 bridgehead atoms. The number of hydrogen-bond acceptors (Lipinski definition) is 5. The van der Waals surface area contributed by atoms with Crippen LogP contribution in [0.1, 0.15) is 39.0 Å². The topological polar surface area (TPSA) is 86.8 Å². The molecule has 8 heteroatoms. The Morgan fingerprint density at radius 3 is 2.65 bits per heavy atom. The third-order valence-electron chi connectivity index (χ3n) is 5.70. The first-order valence-electron chi connectivity index (χ1n) is 8.30. The van der Waals surface area contributed by atoms with Gasteiger partial charge in [0.25, 0.3) is 5.91 Å². The second-order valence-corrected chi connectivity index (χ2v) is 9.47. The number of amides is 3. The van der Waals surface area contributed by atoms with Crippen LogP contribution in [0.2, 0.25) is 0 Å². The highest BCUT2D eigenvalue weighted by molar-refractivity contribution is 7.91. The Labute approximate surface area is 137 Å². The summed E-state index contributed by atoms with van der Waals surface area (Å²) < 4.78 is 23.2. The van der Waals surface area contributed by atoms with Crippen LogP contribution in [0.4, 0.5) is 4.79 Å². The smallest absolute Gasteiger partial charge is 0.323 e. The first-order valence-corrected chi connectivity index (χ1v) is 10.1. The normalized spacial score (nSPS) is 36.9. The number of sulfone groups is 1. The SMILES string of the molecule is C[C@@H]1CCCC[C@]12NC(=O)N(CN(C)[C@H]1CCS(=O)(=O)C1)C2=O. The van der Waals surface area contributed by atoms with Gasteiger partial charge in [-0.1, -0.05) is 19.8 Å². The van der Waals surface area contributed by atoms with Gasteiger partial charge in [-0.3, -0.25) is 9.69 Å². The first kappa shape index (κ1) is 16.7. The van der Waals surface area contributed by atoms with Crippen LogP contribution >= 0.6 is 0 Å². The van der Waals surface area contributed by atoms with Crippen molar-refractivity contribution in [3.63, 3.8) is 0 Å². The molecule has 2 heterocycles. The first-order chi connectivity index (χ1) is 10.8. The van der Waals surface area contributed by atoms with Crippen LogP contribution in [-0.4, -0.2) is 67.0 Å². The zero-order valence-electron chi connectivity index (χ0n) is 13.7. The third kappa shape index (κ3) is 2.87. The molecule has 23 heavy (non-hydrogen) atoms. The van der Waals surface area contributed by atoms with Crippen molar-refractivity contribution in [2.45, 2.75) is 50.6 Å². The molecule has 1 spiro atoms. The fourth-order valence-electron chi connectivity index (χ4n) is 4.09. The van der Waals surface area contributed by atoms with E-state index in [1.807, 2.05) is 11.8 Å². The van der Waals surface area contributed by atoms with Crippen LogP contribution in [0, 0.1) is 5.92 Å². The number of hydrogen-bond donors (Lipinski definition) is 1. The van der Waals surface area contributed by atoms with Gasteiger partial charge in [-0.25, -0.2) is 18.1 Å². The minimum Gasteiger partial charge on any atom is -0.323 e. The van der Waals surface area contributed by atoms with Crippen molar-refractivity contribution in [2.75, 3.05) is 25.2 Å². The maximum absolute atomic E-state index is 12.9. The van der Waals surface area contributed by atoms with E-state index in [0.29, 0.717) is 12.8 Å². The Bertz CT molecular complexity index is 620. The van der Waals surface area contributed by atoms with Crippen LogP contribution in [0.25, 0.3) is 0 Å². The highest BCUT2D eigenvalue weighted by Crippen LogP contribution is 2.38. The molecule has 130 valence electrons. The lowest BCUT2D eigenvalue weighted by Crippen LogP contribution is -2.54. The molecule has 0 aromatic heterocycles. The minimum absolute atomic E-state index is 0.106. The monoisotopic (exact) mass is 343 g/mol. The van der Waals surface area contributed by atoms with E-state index in [2.05, 4.69) is 5.32 Å². The predicted molar refractivity (Wildman–Crippen MR) is 85.4 cm³/mol. The van der Waals surface area contributed by atoms with E-state index in [-0.39, 0.29) is 42.1 Å². The molecule has 3 amide bonds. The van der Waals surface area contributed by atoms with Crippen molar-refractivity contribution in [3.05, 3.63) is 0 Å². The van der Waals surface area contributed by atoms with Crippen LogP contribution in [-0.2, 0) is 14.6 Å². The second-order valence-electron chi connectivity index (χ2n) is 7.24. The Balaban J connectivity index is 1.71. The molecule has 2 saturated heterocycles. The summed E-state index contributed by atoms with van der Waals surface area (Å²) in [6, 6.07) is -0.475. The lowest BCUT2D eigenvalue weighted by atomic mass is 9.73. The number of carbonyl (C=O) groups excluding carboxylic acids is 2. The van der Waals surface area contributed by atoms with Crippen molar-refractivity contribution >= 4 is 21.8 Å². The van der Waals surface area contributed by atoms with Crippen molar-refractivity contribution in [1.82, 2.24) is 15.1 Å². The molecule has 0 aromatic carbocycles. The van der Waals surface area contributed by atoms with Gasteiger partial charge >= 0.3 is 6.03 Å². The molecule has 1 saturated carbocycles. The number of nitrogens with one attached hydrogen (secondary N) is 1. The summed E-state index contributed by atoms with van der Waals surface area (Å²) in [5.74, 6) is 0.273. The summed E-state index contributed by atoms with van der Waals surface area (Å²) >= 11 is 0. The minimum atomic E-state index is -2.98. The van der Waals surface area contributed by atoms with E-state index in [9.17, 15) is 18.0 Å². The van der Waals surface area contributed by atoms with E-state index in [4.69, 9.17) is 0 Å². The van der Waals surface area contributed by atoms with E-state index < -0.39 is 15.4 Å². The van der Waals surface area contributed by atoms with Gasteiger partial charge in [0.1, 0.15) is 5.54 Å². The summed E-state index contributed by atoms with van der Waals surface area (Å²) in [5.41, 5.74) is -0.752. The van der Waals surface area contributed by atoms with Gasteiger partial charge in [-0.05, 0) is 32.2 Å². The lowest BCUT2D eigenvalue weighted by Gasteiger charge is -2.37. The summed E-state index contributed by atoms with van der Waals surface area (Å²) in [6.45, 7) is 2.17. The molecule has 3 aliphatic rings. The molecule has 0 radical (unpaired) electrons. The van der Waals surface area contributed by atoms with Gasteiger partial charge in [0, 0.05) is 6.04 Å². The van der Waals surface area contributed by atoms with Crippen molar-refractivity contribution in [1.29, 1.82) is 0 Å². The van der Waals surface area contributed by atoms with E-state index in [0.717, 1.165) is 19.3 Å². The Morgan fingerprint density at radius 2 is 2.04 bits per heavy atom. The van der Waals surface area contributed by atoms with Crippen LogP contribution in [0.3, 0.4) is 0 Å². The summed E-state index contributed by atoms with van der Waals surface area (Å²) in [7, 11) is -1.20. The molecule has 7 nitrogen and oxygen atoms in total. The molecule has 1 N–H and O–H groups in total. The van der Waals surface area contributed by atoms with E-state index in [1.165, 1.54) is 4.90 Å². The molecule has 1 aliphatic carbocycles. The Hall–Kier alpha value is -1.15. The number of nitrogens with zero attached hydrogens (tertiary/aromatic N) is 2. The van der Waals surface area contributed by atoms with Crippen molar-refractivity contribution < 1.29 is 18.0 Å². The predicted octanol–water partition coefficient (Wildman–Crippen LogP) is 0.564. The number of urea groups is 1. The summed E-state index contributed by atoms with van der Waals surface area (Å²) in [4.78, 5) is 28.3. The Kier molecular flexibility index (Phi) is 4.16. The maximum Gasteiger partial charge on any atom is 0.326 e. The summed E-state index contributed by atoms with van der Waals surface area (Å²) in [5, 5.41) is 2.92. The zero-order chi connectivity index (χ0) is 16.8. The zero-order valence-corrected chi connectivity index (χ0v) is 14.6. The molecular formula is C15H25N3O4S. The number of rotatable bonds is 3. The van der Waals surface area contributed by atoms with Crippen molar-refractivity contribution in [2.24, 2.45) is 5.92 Å². The van der Waals surface area contributed by atoms with Gasteiger partial charge in [0.2, 0.25) is 0 Å². The number of imide groups is 1. The van der Waals surface area contributed by atoms with Crippen LogP contribution in [0.5, 0.6) is 0 Å². The average molecular weight is 343 g/mol. The van der Waals surface area contributed by atoms with Gasteiger partial charge in [-0.15, -0.1) is 0 Å². The standard InChI is InChI=1S/C15H25N3O4S/c1-11-5-3-4-7-15(11)13(19)18(14(20)16-15)10-17(2)12-6-8-23(21,22)9-12/h11-12H,3-10H2,1-2H3,(H,16,20)/t11-,12+,15+/m1/s1. The van der Waals surface area contributed by atoms with Crippen molar-refractivity contribution in [3.8, 4) is 0 Å². The van der Waals surface area contributed by atoms with E-state index in [1.54, 1.807) is 7.05 Å². The third-order valence-corrected chi connectivity index (χ3v) is 7.45. The van der Waals surface area contributed by atoms with Crippen LogP contribution < -0.4 is 5.32 Å². The summed E-state index contributed by atoms with van der Waals surface area (Å²) in [6.07, 6.45) is 4.23. The molecule has 3 rings (SSSR count). The van der Waals surface area contributed by atoms with Crippen LogP contribution in [0.15, 0.2) is 0 Å². The highest BCUT2D eigenvalue weighted by atomic mass is 32.2. The fraction of sp³-hybridized carbons (Fsp3) is 0.867. The number of carbonyl (C=O) groups is 2. The van der Waals surface area contributed by atoms with E-state index >= 15 is 0 Å². The maximum atomic E-state index is 12.9. The van der Waals surface area contributed by atoms with Gasteiger partial charge in [0.15, 0.2) is 9.84 Å². The second kappa shape index (κ2) is 5.73. The van der Waals surface area contributed by atoms with Gasteiger partial charge in [-0.2, -0.15) is 0 Å². The average Bonchev–Trinajstić information content (AvgIpc) is 2.96. The largest absolute Gasteiger partial charge is 0.326 e. The fourth-order valence-corrected chi connectivity index (χ4v) is 5.89. The molecule has 0 unspecified atom stereocenters. The molecule has 2 aliphatic heterocycles.